The monoisotopic (exact) mass is 293 g/mol. The summed E-state index contributed by atoms with van der Waals surface area (Å²) in [4.78, 5) is 0. The molecule has 4 heteroatoms. The fourth-order valence-corrected chi connectivity index (χ4v) is 0.712. The molecular weight excluding hydrogens is 282 g/mol. The molecule has 0 atom stereocenters. The van der Waals surface area contributed by atoms with Crippen LogP contribution < -0.4 is 9.47 Å². The third kappa shape index (κ3) is 5.93. The number of hydrogen-bond acceptors (Lipinski definition) is 2. The second kappa shape index (κ2) is 9.86. The van der Waals surface area contributed by atoms with Gasteiger partial charge in [0.05, 0.1) is 14.2 Å². The molecule has 0 unspecified atom stereocenters. The standard InChI is InChI=1S/C8H10O2.CH2Cl.Pd/c1-9-7-3-5-8(10-2)6-4-7;1-2;/h3-6H,1-2H3;1H2;/q;-1;. The average molecular weight is 294 g/mol. The van der Waals surface area contributed by atoms with Crippen LogP contribution in [0.1, 0.15) is 0 Å². The van der Waals surface area contributed by atoms with Gasteiger partial charge in [-0.05, 0) is 24.3 Å². The molecule has 1 aromatic rings. The number of ether oxygens (including phenoxy) is 2. The third-order valence-corrected chi connectivity index (χ3v) is 1.30. The molecule has 78 valence electrons. The van der Waals surface area contributed by atoms with Crippen molar-refractivity contribution in [2.45, 2.75) is 0 Å². The fraction of sp³-hybridized carbons (Fsp3) is 0.222. The van der Waals surface area contributed by atoms with Gasteiger partial charge in [0.25, 0.3) is 0 Å². The Bertz CT molecular complexity index is 178. The van der Waals surface area contributed by atoms with Gasteiger partial charge in [0.2, 0.25) is 0 Å². The summed E-state index contributed by atoms with van der Waals surface area (Å²) in [6, 6.07) is 7.44. The van der Waals surface area contributed by atoms with Crippen molar-refractivity contribution < 1.29 is 29.9 Å². The van der Waals surface area contributed by atoms with Crippen LogP contribution >= 0.6 is 11.6 Å². The molecule has 0 aliphatic carbocycles. The summed E-state index contributed by atoms with van der Waals surface area (Å²) < 4.78 is 9.92. The van der Waals surface area contributed by atoms with Gasteiger partial charge in [-0.15, -0.1) is 0 Å². The minimum absolute atomic E-state index is 0. The van der Waals surface area contributed by atoms with E-state index in [1.54, 1.807) is 14.2 Å². The van der Waals surface area contributed by atoms with Gasteiger partial charge in [0.15, 0.2) is 0 Å². The molecule has 1 aromatic carbocycles. The summed E-state index contributed by atoms with van der Waals surface area (Å²) in [6.07, 6.45) is 2.72. The largest absolute Gasteiger partial charge is 0.497 e. The molecule has 0 aliphatic rings. The molecular formula is C9H12ClO2Pd-. The maximum atomic E-state index is 4.96. The van der Waals surface area contributed by atoms with E-state index < -0.39 is 0 Å². The van der Waals surface area contributed by atoms with Crippen LogP contribution in [0.15, 0.2) is 24.3 Å². The number of halogens is 1. The van der Waals surface area contributed by atoms with Gasteiger partial charge in [0.1, 0.15) is 11.5 Å². The molecule has 0 saturated heterocycles. The summed E-state index contributed by atoms with van der Waals surface area (Å²) in [5.74, 6) is 1.70. The molecule has 0 aromatic heterocycles. The Morgan fingerprint density at radius 2 is 1.15 bits per heavy atom. The van der Waals surface area contributed by atoms with Crippen LogP contribution in [0.3, 0.4) is 0 Å². The van der Waals surface area contributed by atoms with Crippen molar-refractivity contribution in [2.24, 2.45) is 0 Å². The van der Waals surface area contributed by atoms with E-state index in [4.69, 9.17) is 9.47 Å². The normalized spacial score (nSPS) is 7.38. The number of benzene rings is 1. The zero-order valence-corrected chi connectivity index (χ0v) is 9.84. The van der Waals surface area contributed by atoms with E-state index in [1.807, 2.05) is 24.3 Å². The van der Waals surface area contributed by atoms with Gasteiger partial charge in [-0.2, -0.15) is 0 Å². The number of rotatable bonds is 2. The van der Waals surface area contributed by atoms with E-state index in [1.165, 1.54) is 0 Å². The van der Waals surface area contributed by atoms with Crippen molar-refractivity contribution in [1.82, 2.24) is 0 Å². The Labute approximate surface area is 97.8 Å². The van der Waals surface area contributed by atoms with Gasteiger partial charge in [-0.1, -0.05) is 0 Å². The van der Waals surface area contributed by atoms with Crippen LogP contribution in [0.4, 0.5) is 0 Å². The molecule has 0 heterocycles. The Balaban J connectivity index is 0. The predicted octanol–water partition coefficient (Wildman–Crippen LogP) is 2.72. The van der Waals surface area contributed by atoms with E-state index in [9.17, 15) is 0 Å². The Morgan fingerprint density at radius 1 is 0.923 bits per heavy atom. The minimum atomic E-state index is 0. The van der Waals surface area contributed by atoms with Crippen LogP contribution in [0.5, 0.6) is 11.5 Å². The van der Waals surface area contributed by atoms with Crippen LogP contribution in [-0.2, 0) is 20.4 Å². The first-order chi connectivity index (χ1) is 5.86. The molecule has 0 spiro atoms. The van der Waals surface area contributed by atoms with Gasteiger partial charge < -0.3 is 21.1 Å². The van der Waals surface area contributed by atoms with Crippen molar-refractivity contribution >= 4 is 11.6 Å². The van der Waals surface area contributed by atoms with Crippen LogP contribution in [0.2, 0.25) is 0 Å². The van der Waals surface area contributed by atoms with Crippen molar-refractivity contribution in [1.29, 1.82) is 0 Å². The molecule has 0 fully saturated rings. The van der Waals surface area contributed by atoms with E-state index in [0.717, 1.165) is 11.5 Å². The molecule has 1 rings (SSSR count). The first-order valence-corrected chi connectivity index (χ1v) is 3.85. The zero-order chi connectivity index (χ0) is 9.40. The van der Waals surface area contributed by atoms with E-state index in [-0.39, 0.29) is 20.4 Å². The average Bonchev–Trinajstić information content (AvgIpc) is 2.21. The van der Waals surface area contributed by atoms with Crippen LogP contribution in [0.25, 0.3) is 0 Å². The smallest absolute Gasteiger partial charge is 0.119 e. The van der Waals surface area contributed by atoms with E-state index in [0.29, 0.717) is 0 Å². The van der Waals surface area contributed by atoms with Crippen LogP contribution in [0, 0.1) is 6.38 Å². The van der Waals surface area contributed by atoms with Crippen molar-refractivity contribution in [3.05, 3.63) is 30.6 Å². The topological polar surface area (TPSA) is 18.5 Å². The quantitative estimate of drug-likeness (QED) is 0.617. The zero-order valence-electron chi connectivity index (χ0n) is 7.53. The van der Waals surface area contributed by atoms with Crippen molar-refractivity contribution in [3.63, 3.8) is 0 Å². The molecule has 0 bridgehead atoms. The van der Waals surface area contributed by atoms with E-state index in [2.05, 4.69) is 18.0 Å². The SMILES string of the molecule is COc1ccc(OC)cc1.[CH2-]Cl.[Pd]. The van der Waals surface area contributed by atoms with Crippen LogP contribution in [-0.4, -0.2) is 14.2 Å². The Hall–Kier alpha value is -0.228. The van der Waals surface area contributed by atoms with Crippen molar-refractivity contribution in [3.8, 4) is 11.5 Å². The fourth-order valence-electron chi connectivity index (χ4n) is 0.712. The van der Waals surface area contributed by atoms with Gasteiger partial charge in [-0.25, -0.2) is 0 Å². The predicted molar refractivity (Wildman–Crippen MR) is 50.8 cm³/mol. The molecule has 0 radical (unpaired) electrons. The first-order valence-electron chi connectivity index (χ1n) is 3.31. The van der Waals surface area contributed by atoms with E-state index >= 15 is 0 Å². The summed E-state index contributed by atoms with van der Waals surface area (Å²) in [7, 11) is 3.28. The maximum Gasteiger partial charge on any atom is 0.119 e. The molecule has 0 aliphatic heterocycles. The van der Waals surface area contributed by atoms with Gasteiger partial charge in [0, 0.05) is 20.4 Å². The molecule has 13 heavy (non-hydrogen) atoms. The Kier molecular flexibility index (Phi) is 11.6. The first kappa shape index (κ1) is 15.3. The molecule has 2 nitrogen and oxygen atoms in total. The second-order valence-electron chi connectivity index (χ2n) is 1.88. The second-order valence-corrected chi connectivity index (χ2v) is 1.88. The third-order valence-electron chi connectivity index (χ3n) is 1.30. The number of hydrogen-bond donors (Lipinski definition) is 0. The van der Waals surface area contributed by atoms with Crippen molar-refractivity contribution in [2.75, 3.05) is 14.2 Å². The van der Waals surface area contributed by atoms with Gasteiger partial charge in [-0.3, -0.25) is 6.38 Å². The maximum absolute atomic E-state index is 4.96. The Morgan fingerprint density at radius 3 is 1.31 bits per heavy atom. The molecule has 0 N–H and O–H groups in total. The van der Waals surface area contributed by atoms with Gasteiger partial charge >= 0.3 is 0 Å². The summed E-state index contributed by atoms with van der Waals surface area (Å²) in [6.45, 7) is 0. The molecule has 0 amide bonds. The summed E-state index contributed by atoms with van der Waals surface area (Å²) >= 11 is 4.39. The minimum Gasteiger partial charge on any atom is -0.497 e. The summed E-state index contributed by atoms with van der Waals surface area (Å²) in [5, 5.41) is 0. The summed E-state index contributed by atoms with van der Waals surface area (Å²) in [5.41, 5.74) is 0. The number of methoxy groups -OCH3 is 2. The molecule has 0 saturated carbocycles.